The van der Waals surface area contributed by atoms with Crippen LogP contribution in [-0.4, -0.2) is 43.2 Å². The van der Waals surface area contributed by atoms with Crippen molar-refractivity contribution in [1.82, 2.24) is 9.55 Å². The van der Waals surface area contributed by atoms with Crippen LogP contribution in [0.4, 0.5) is 5.69 Å². The summed E-state index contributed by atoms with van der Waals surface area (Å²) in [7, 11) is 0. The van der Waals surface area contributed by atoms with E-state index in [9.17, 15) is 10.1 Å². The van der Waals surface area contributed by atoms with Gasteiger partial charge in [0.25, 0.3) is 10.8 Å². The van der Waals surface area contributed by atoms with Gasteiger partial charge in [-0.25, -0.2) is 4.98 Å². The van der Waals surface area contributed by atoms with Gasteiger partial charge < -0.3 is 19.2 Å². The summed E-state index contributed by atoms with van der Waals surface area (Å²) in [6.07, 6.45) is 5.10. The van der Waals surface area contributed by atoms with Crippen molar-refractivity contribution in [3.8, 4) is 0 Å². The van der Waals surface area contributed by atoms with Gasteiger partial charge in [-0.3, -0.25) is 10.1 Å². The molecule has 1 aliphatic heterocycles. The third-order valence-corrected chi connectivity index (χ3v) is 6.56. The lowest BCUT2D eigenvalue weighted by atomic mass is 10.1. The lowest BCUT2D eigenvalue weighted by Gasteiger charge is -2.30. The Balaban J connectivity index is 0.000000795. The zero-order valence-electron chi connectivity index (χ0n) is 18.0. The Morgan fingerprint density at radius 3 is 2.51 bits per heavy atom. The van der Waals surface area contributed by atoms with Gasteiger partial charge in [0.2, 0.25) is 5.79 Å². The van der Waals surface area contributed by atoms with Gasteiger partial charge in [0.1, 0.15) is 0 Å². The molecule has 0 spiro atoms. The minimum atomic E-state index is -1.50. The fourth-order valence-electron chi connectivity index (χ4n) is 3.40. The number of halogens is 2. The number of hydrogen-bond donors (Lipinski definition) is 1. The summed E-state index contributed by atoms with van der Waals surface area (Å²) in [5.41, 5.74) is 1.82. The van der Waals surface area contributed by atoms with Gasteiger partial charge in [0, 0.05) is 46.6 Å². The Bertz CT molecular complexity index is 1150. The minimum absolute atomic E-state index is 0.0883. The second kappa shape index (κ2) is 12.2. The number of nitro benzene ring substituents is 1. The van der Waals surface area contributed by atoms with E-state index >= 15 is 0 Å². The van der Waals surface area contributed by atoms with E-state index in [1.807, 2.05) is 16.8 Å². The molecule has 3 aromatic rings. The second-order valence-electron chi connectivity index (χ2n) is 7.34. The Kier molecular flexibility index (Phi) is 9.29. The summed E-state index contributed by atoms with van der Waals surface area (Å²) in [5, 5.41) is 25.4. The number of hydrogen-bond acceptors (Lipinski definition) is 8. The molecule has 2 heterocycles. The molecule has 0 amide bonds. The molecule has 1 aromatic heterocycles. The van der Waals surface area contributed by atoms with E-state index in [0.29, 0.717) is 34.7 Å². The Hall–Kier alpha value is -2.90. The first kappa shape index (κ1) is 26.7. The first-order valence-corrected chi connectivity index (χ1v) is 12.0. The molecule has 0 aliphatic carbocycles. The third kappa shape index (κ3) is 7.54. The Morgan fingerprint density at radius 1 is 1.20 bits per heavy atom. The molecule has 11 nitrogen and oxygen atoms in total. The molecule has 35 heavy (non-hydrogen) atoms. The lowest BCUT2D eigenvalue weighted by molar-refractivity contribution is -0.742. The molecule has 0 radical (unpaired) electrons. The van der Waals surface area contributed by atoms with Crippen LogP contribution in [0.5, 0.6) is 0 Å². The standard InChI is InChI=1S/C21H19Cl2N3O4S.HNO3/c22-16-3-6-19(20(23)9-16)21(13-25-8-7-24-14-25)29-10-18(30-21)12-31-11-15-1-4-17(5-2-15)26(27)28;2-1(3)4/h1-9,14,18H,10-13H2;(H,2,3,4)/t18-,21+;/m0./s1. The van der Waals surface area contributed by atoms with Crippen molar-refractivity contribution in [3.63, 3.8) is 0 Å². The molecular weight excluding hydrogens is 523 g/mol. The zero-order chi connectivity index (χ0) is 25.4. The molecule has 4 rings (SSSR count). The molecule has 14 heteroatoms. The molecule has 0 saturated carbocycles. The van der Waals surface area contributed by atoms with Crippen LogP contribution in [-0.2, 0) is 27.6 Å². The smallest absolute Gasteiger partial charge is 0.291 e. The van der Waals surface area contributed by atoms with Gasteiger partial charge in [-0.1, -0.05) is 41.4 Å². The van der Waals surface area contributed by atoms with Gasteiger partial charge in [-0.15, -0.1) is 10.1 Å². The minimum Gasteiger partial charge on any atom is -0.342 e. The van der Waals surface area contributed by atoms with E-state index < -0.39 is 15.8 Å². The van der Waals surface area contributed by atoms with E-state index in [1.165, 1.54) is 12.1 Å². The van der Waals surface area contributed by atoms with Crippen molar-refractivity contribution in [2.75, 3.05) is 12.4 Å². The van der Waals surface area contributed by atoms with Crippen LogP contribution in [0, 0.1) is 20.2 Å². The number of benzene rings is 2. The highest BCUT2D eigenvalue weighted by molar-refractivity contribution is 7.98. The number of non-ortho nitro benzene ring substituents is 1. The van der Waals surface area contributed by atoms with E-state index in [0.717, 1.165) is 11.1 Å². The average Bonchev–Trinajstić information content (AvgIpc) is 3.44. The fraction of sp³-hybridized carbons (Fsp3) is 0.286. The van der Waals surface area contributed by atoms with Crippen molar-refractivity contribution in [2.45, 2.75) is 24.2 Å². The summed E-state index contributed by atoms with van der Waals surface area (Å²) in [4.78, 5) is 22.8. The molecule has 186 valence electrons. The topological polar surface area (TPSA) is 143 Å². The molecule has 0 bridgehead atoms. The Labute approximate surface area is 213 Å². The van der Waals surface area contributed by atoms with Crippen LogP contribution in [0.3, 0.4) is 0 Å². The molecule has 2 atom stereocenters. The van der Waals surface area contributed by atoms with Crippen molar-refractivity contribution >= 4 is 40.7 Å². The quantitative estimate of drug-likeness (QED) is 0.308. The molecule has 1 fully saturated rings. The largest absolute Gasteiger partial charge is 0.342 e. The number of imidazole rings is 1. The molecule has 1 N–H and O–H groups in total. The number of ether oxygens (including phenoxy) is 2. The zero-order valence-corrected chi connectivity index (χ0v) is 20.4. The highest BCUT2D eigenvalue weighted by Crippen LogP contribution is 2.41. The van der Waals surface area contributed by atoms with Gasteiger partial charge in [-0.05, 0) is 17.7 Å². The lowest BCUT2D eigenvalue weighted by Crippen LogP contribution is -2.34. The molecule has 1 aliphatic rings. The number of rotatable bonds is 8. The highest BCUT2D eigenvalue weighted by Gasteiger charge is 2.45. The van der Waals surface area contributed by atoms with E-state index in [2.05, 4.69) is 4.98 Å². The third-order valence-electron chi connectivity index (χ3n) is 4.87. The molecule has 0 unspecified atom stereocenters. The SMILES string of the molecule is O=[N+]([O-])O.O=[N+]([O-])c1ccc(CSC[C@@H]2CO[C@@](Cn3ccnc3)(c3ccc(Cl)cc3Cl)O2)cc1. The number of thioether (sulfide) groups is 1. The summed E-state index contributed by atoms with van der Waals surface area (Å²) < 4.78 is 14.5. The summed E-state index contributed by atoms with van der Waals surface area (Å²) >= 11 is 14.2. The van der Waals surface area contributed by atoms with Gasteiger partial charge in [-0.2, -0.15) is 11.8 Å². The van der Waals surface area contributed by atoms with E-state index in [-0.39, 0.29) is 11.8 Å². The van der Waals surface area contributed by atoms with Gasteiger partial charge >= 0.3 is 0 Å². The summed E-state index contributed by atoms with van der Waals surface area (Å²) in [5.74, 6) is 0.378. The number of nitrogens with zero attached hydrogens (tertiary/aromatic N) is 4. The number of aromatic nitrogens is 2. The van der Waals surface area contributed by atoms with Crippen LogP contribution in [0.1, 0.15) is 11.1 Å². The maximum Gasteiger partial charge on any atom is 0.291 e. The van der Waals surface area contributed by atoms with Crippen molar-refractivity contribution in [2.24, 2.45) is 0 Å². The maximum absolute atomic E-state index is 10.8. The average molecular weight is 543 g/mol. The van der Waals surface area contributed by atoms with Crippen molar-refractivity contribution in [3.05, 3.63) is 103 Å². The van der Waals surface area contributed by atoms with Gasteiger partial charge in [0.15, 0.2) is 0 Å². The summed E-state index contributed by atoms with van der Waals surface area (Å²) in [6, 6.07) is 11.8. The number of nitro groups is 1. The molecular formula is C21H20Cl2N4O7S. The second-order valence-corrected chi connectivity index (χ2v) is 9.21. The van der Waals surface area contributed by atoms with Gasteiger partial charge in [0.05, 0.1) is 35.5 Å². The predicted molar refractivity (Wildman–Crippen MR) is 129 cm³/mol. The van der Waals surface area contributed by atoms with Crippen LogP contribution >= 0.6 is 35.0 Å². The summed E-state index contributed by atoms with van der Waals surface area (Å²) in [6.45, 7) is 0.818. The monoisotopic (exact) mass is 542 g/mol. The molecule has 2 aromatic carbocycles. The van der Waals surface area contributed by atoms with Crippen LogP contribution < -0.4 is 0 Å². The fourth-order valence-corrected chi connectivity index (χ4v) is 4.92. The Morgan fingerprint density at radius 2 is 1.91 bits per heavy atom. The molecule has 1 saturated heterocycles. The first-order chi connectivity index (χ1) is 16.7. The first-order valence-electron chi connectivity index (χ1n) is 10.1. The van der Waals surface area contributed by atoms with Crippen LogP contribution in [0.15, 0.2) is 61.2 Å². The van der Waals surface area contributed by atoms with E-state index in [1.54, 1.807) is 48.6 Å². The van der Waals surface area contributed by atoms with Crippen LogP contribution in [0.25, 0.3) is 0 Å². The van der Waals surface area contributed by atoms with Crippen molar-refractivity contribution in [1.29, 1.82) is 0 Å². The van der Waals surface area contributed by atoms with Crippen LogP contribution in [0.2, 0.25) is 10.0 Å². The highest BCUT2D eigenvalue weighted by atomic mass is 35.5. The predicted octanol–water partition coefficient (Wildman–Crippen LogP) is 4.95. The normalized spacial score (nSPS) is 19.1. The maximum atomic E-state index is 10.8. The van der Waals surface area contributed by atoms with E-state index in [4.69, 9.17) is 48.0 Å². The van der Waals surface area contributed by atoms with Crippen molar-refractivity contribution < 1.29 is 24.7 Å².